The van der Waals surface area contributed by atoms with Crippen LogP contribution >= 0.6 is 0 Å². The van der Waals surface area contributed by atoms with Gasteiger partial charge < -0.3 is 5.32 Å². The summed E-state index contributed by atoms with van der Waals surface area (Å²) in [5.41, 5.74) is 2.97. The second-order valence-corrected chi connectivity index (χ2v) is 11.5. The summed E-state index contributed by atoms with van der Waals surface area (Å²) in [6.07, 6.45) is -1.89. The zero-order valence-electron chi connectivity index (χ0n) is 24.1. The molecule has 0 amide bonds. The molecule has 214 valence electrons. The van der Waals surface area contributed by atoms with Crippen LogP contribution in [0.15, 0.2) is 64.5 Å². The van der Waals surface area contributed by atoms with Crippen LogP contribution in [0.2, 0.25) is 0 Å². The number of benzene rings is 2. The fraction of sp³-hybridized carbons (Fsp3) is 0.469. The number of fused-ring (bicyclic) bond motifs is 1. The largest absolute Gasteiger partial charge is 0.416 e. The highest BCUT2D eigenvalue weighted by Gasteiger charge is 2.37. The van der Waals surface area contributed by atoms with E-state index in [0.717, 1.165) is 36.2 Å². The van der Waals surface area contributed by atoms with Gasteiger partial charge in [0, 0.05) is 17.7 Å². The number of nitrogens with one attached hydrogen (secondary N) is 1. The summed E-state index contributed by atoms with van der Waals surface area (Å²) in [6, 6.07) is 15.0. The lowest BCUT2D eigenvalue weighted by atomic mass is 9.63. The maximum atomic E-state index is 13.2. The van der Waals surface area contributed by atoms with Gasteiger partial charge >= 0.3 is 6.18 Å². The zero-order chi connectivity index (χ0) is 29.2. The first-order chi connectivity index (χ1) is 18.9. The lowest BCUT2D eigenvalue weighted by molar-refractivity contribution is -0.137. The number of nitrogens with zero attached hydrogens (tertiary/aromatic N) is 3. The molecule has 0 spiro atoms. The average molecular weight is 553 g/mol. The maximum Gasteiger partial charge on any atom is 0.416 e. The predicted octanol–water partition coefficient (Wildman–Crippen LogP) is 7.98. The van der Waals surface area contributed by atoms with Crippen molar-refractivity contribution in [3.05, 3.63) is 93.2 Å². The molecule has 0 saturated carbocycles. The summed E-state index contributed by atoms with van der Waals surface area (Å²) in [7, 11) is 0. The summed E-state index contributed by atoms with van der Waals surface area (Å²) in [5.74, 6) is 1.53. The van der Waals surface area contributed by atoms with Crippen molar-refractivity contribution in [2.45, 2.75) is 84.9 Å². The van der Waals surface area contributed by atoms with E-state index in [9.17, 15) is 18.0 Å². The predicted molar refractivity (Wildman–Crippen MR) is 155 cm³/mol. The van der Waals surface area contributed by atoms with E-state index < -0.39 is 11.7 Å². The van der Waals surface area contributed by atoms with E-state index in [1.807, 2.05) is 6.92 Å². The van der Waals surface area contributed by atoms with Gasteiger partial charge in [0.1, 0.15) is 5.82 Å². The van der Waals surface area contributed by atoms with Gasteiger partial charge in [-0.3, -0.25) is 4.79 Å². The molecule has 0 fully saturated rings. The van der Waals surface area contributed by atoms with E-state index in [4.69, 9.17) is 10.1 Å². The molecule has 1 atom stereocenters. The monoisotopic (exact) mass is 552 g/mol. The molecule has 0 saturated heterocycles. The minimum Gasteiger partial charge on any atom is -0.379 e. The minimum atomic E-state index is -4.42. The molecule has 40 heavy (non-hydrogen) atoms. The second kappa shape index (κ2) is 11.6. The van der Waals surface area contributed by atoms with Crippen LogP contribution < -0.4 is 10.9 Å². The quantitative estimate of drug-likeness (QED) is 0.308. The Balaban J connectivity index is 1.61. The zero-order valence-corrected chi connectivity index (χ0v) is 24.1. The first-order valence-corrected chi connectivity index (χ1v) is 14.1. The summed E-state index contributed by atoms with van der Waals surface area (Å²) in [4.78, 5) is 17.9. The molecule has 2 aromatic carbocycles. The normalized spacial score (nSPS) is 16.1. The fourth-order valence-corrected chi connectivity index (χ4v) is 6.23. The summed E-state index contributed by atoms with van der Waals surface area (Å²) in [5, 5.41) is 7.72. The van der Waals surface area contributed by atoms with Crippen LogP contribution in [0.5, 0.6) is 0 Å². The number of aromatic nitrogens is 2. The van der Waals surface area contributed by atoms with Crippen molar-refractivity contribution in [2.24, 2.45) is 16.9 Å². The highest BCUT2D eigenvalue weighted by Crippen LogP contribution is 2.42. The Morgan fingerprint density at radius 1 is 1.00 bits per heavy atom. The molecule has 1 N–H and O–H groups in total. The lowest BCUT2D eigenvalue weighted by Gasteiger charge is -2.41. The van der Waals surface area contributed by atoms with Gasteiger partial charge in [0.15, 0.2) is 0 Å². The van der Waals surface area contributed by atoms with E-state index in [1.165, 1.54) is 22.4 Å². The van der Waals surface area contributed by atoms with Gasteiger partial charge in [-0.05, 0) is 65.8 Å². The molecule has 2 heterocycles. The first-order valence-electron chi connectivity index (χ1n) is 14.1. The molecule has 4 rings (SSSR count). The Bertz CT molecular complexity index is 1410. The third-order valence-electron chi connectivity index (χ3n) is 8.51. The number of alkyl halides is 3. The van der Waals surface area contributed by atoms with Crippen LogP contribution in [0.4, 0.5) is 18.9 Å². The van der Waals surface area contributed by atoms with Gasteiger partial charge in [-0.25, -0.2) is 4.98 Å². The van der Waals surface area contributed by atoms with E-state index in [2.05, 4.69) is 64.2 Å². The number of anilines is 1. The first kappa shape index (κ1) is 29.6. The molecule has 0 aliphatic carbocycles. The average Bonchev–Trinajstić information content (AvgIpc) is 3.07. The lowest BCUT2D eigenvalue weighted by Crippen LogP contribution is -2.37. The molecule has 0 bridgehead atoms. The highest BCUT2D eigenvalue weighted by molar-refractivity contribution is 6.00. The molecule has 0 radical (unpaired) electrons. The Labute approximate surface area is 234 Å². The third-order valence-corrected chi connectivity index (χ3v) is 8.51. The van der Waals surface area contributed by atoms with Crippen molar-refractivity contribution in [1.29, 1.82) is 0 Å². The Hall–Kier alpha value is -3.42. The Kier molecular flexibility index (Phi) is 8.57. The number of hydrogen-bond donors (Lipinski definition) is 1. The van der Waals surface area contributed by atoms with Crippen LogP contribution in [0.1, 0.15) is 94.9 Å². The molecule has 1 unspecified atom stereocenters. The smallest absolute Gasteiger partial charge is 0.379 e. The Morgan fingerprint density at radius 2 is 1.68 bits per heavy atom. The summed E-state index contributed by atoms with van der Waals surface area (Å²) in [6.45, 7) is 13.5. The number of rotatable bonds is 8. The fourth-order valence-electron chi connectivity index (χ4n) is 6.23. The standard InChI is InChI=1S/C32H39F3N4O/c1-7-31(20(2)3,21(4)5)24-14-12-23(13-15-24)28-16-11-22(6)30-37-27(18-29(40)39(30)38-28)19-36-26-10-8-9-25(17-26)32(33,34)35/h8-10,12-15,17-18,20-22,36H,7,11,16,19H2,1-6H3. The van der Waals surface area contributed by atoms with Crippen molar-refractivity contribution in [3.63, 3.8) is 0 Å². The third kappa shape index (κ3) is 5.86. The summed E-state index contributed by atoms with van der Waals surface area (Å²) >= 11 is 0. The van der Waals surface area contributed by atoms with Gasteiger partial charge in [0.2, 0.25) is 0 Å². The van der Waals surface area contributed by atoms with E-state index in [0.29, 0.717) is 35.5 Å². The van der Waals surface area contributed by atoms with Crippen LogP contribution in [-0.4, -0.2) is 15.4 Å². The molecule has 3 aromatic rings. The van der Waals surface area contributed by atoms with Crippen LogP contribution in [0, 0.1) is 11.8 Å². The number of hydrogen-bond acceptors (Lipinski definition) is 4. The molecular formula is C32H39F3N4O. The second-order valence-electron chi connectivity index (χ2n) is 11.5. The van der Waals surface area contributed by atoms with E-state index in [1.54, 1.807) is 6.07 Å². The Morgan fingerprint density at radius 3 is 2.27 bits per heavy atom. The molecule has 8 heteroatoms. The molecule has 1 aromatic heterocycles. The van der Waals surface area contributed by atoms with Crippen molar-refractivity contribution >= 4 is 11.4 Å². The van der Waals surface area contributed by atoms with Gasteiger partial charge in [0.25, 0.3) is 5.56 Å². The van der Waals surface area contributed by atoms with Crippen molar-refractivity contribution < 1.29 is 13.2 Å². The molecule has 1 aliphatic rings. The van der Waals surface area contributed by atoms with Crippen molar-refractivity contribution in [1.82, 2.24) is 9.66 Å². The SMILES string of the molecule is CCC(c1ccc(C2=Nn3c(nc(CNc4cccc(C(F)(F)F)c4)cc3=O)C(C)CC2)cc1)(C(C)C)C(C)C. The van der Waals surface area contributed by atoms with E-state index in [-0.39, 0.29) is 23.4 Å². The van der Waals surface area contributed by atoms with Gasteiger partial charge in [-0.15, -0.1) is 0 Å². The van der Waals surface area contributed by atoms with Gasteiger partial charge in [0.05, 0.1) is 23.5 Å². The van der Waals surface area contributed by atoms with Crippen LogP contribution in [-0.2, 0) is 18.1 Å². The molecule has 5 nitrogen and oxygen atoms in total. The molecule has 1 aliphatic heterocycles. The van der Waals surface area contributed by atoms with E-state index >= 15 is 0 Å². The highest BCUT2D eigenvalue weighted by atomic mass is 19.4. The molecular weight excluding hydrogens is 513 g/mol. The van der Waals surface area contributed by atoms with Crippen LogP contribution in [0.25, 0.3) is 0 Å². The van der Waals surface area contributed by atoms with Crippen molar-refractivity contribution in [2.75, 3.05) is 5.32 Å². The number of halogens is 3. The topological polar surface area (TPSA) is 59.3 Å². The van der Waals surface area contributed by atoms with Gasteiger partial charge in [-0.1, -0.05) is 71.9 Å². The summed E-state index contributed by atoms with van der Waals surface area (Å²) < 4.78 is 40.6. The van der Waals surface area contributed by atoms with Crippen LogP contribution in [0.3, 0.4) is 0 Å². The maximum absolute atomic E-state index is 13.2. The van der Waals surface area contributed by atoms with Gasteiger partial charge in [-0.2, -0.15) is 22.9 Å². The minimum absolute atomic E-state index is 0.0173. The van der Waals surface area contributed by atoms with Crippen molar-refractivity contribution in [3.8, 4) is 0 Å².